The molecule has 3 aromatic rings. The Balaban J connectivity index is 1.70. The van der Waals surface area contributed by atoms with Gasteiger partial charge in [0.1, 0.15) is 10.8 Å². The van der Waals surface area contributed by atoms with Gasteiger partial charge in [0.15, 0.2) is 0 Å². The Morgan fingerprint density at radius 2 is 1.80 bits per heavy atom. The average molecular weight is 281 g/mol. The number of hydrogen-bond donors (Lipinski definition) is 0. The van der Waals surface area contributed by atoms with Crippen molar-refractivity contribution >= 4 is 27.3 Å². The predicted octanol–water partition coefficient (Wildman–Crippen LogP) is 3.96. The number of aryl methyl sites for hydroxylation is 1. The predicted molar refractivity (Wildman–Crippen MR) is 83.2 cm³/mol. The van der Waals surface area contributed by atoms with Crippen LogP contribution >= 0.6 is 11.3 Å². The highest BCUT2D eigenvalue weighted by atomic mass is 32.1. The summed E-state index contributed by atoms with van der Waals surface area (Å²) in [6.07, 6.45) is 0.906. The van der Waals surface area contributed by atoms with Gasteiger partial charge in [0, 0.05) is 6.42 Å². The summed E-state index contributed by atoms with van der Waals surface area (Å²) in [7, 11) is 0. The zero-order valence-electron chi connectivity index (χ0n) is 11.3. The van der Waals surface area contributed by atoms with Crippen LogP contribution in [0.3, 0.4) is 0 Å². The van der Waals surface area contributed by atoms with E-state index in [-0.39, 0.29) is 5.78 Å². The van der Waals surface area contributed by atoms with Crippen molar-refractivity contribution in [1.82, 2.24) is 4.98 Å². The van der Waals surface area contributed by atoms with Crippen LogP contribution in [0, 0.1) is 6.92 Å². The van der Waals surface area contributed by atoms with Crippen LogP contribution in [0.1, 0.15) is 16.1 Å². The molecule has 0 bridgehead atoms. The first-order valence-corrected chi connectivity index (χ1v) is 7.44. The minimum Gasteiger partial charge on any atom is -0.299 e. The van der Waals surface area contributed by atoms with Gasteiger partial charge >= 0.3 is 0 Å². The number of aromatic nitrogens is 1. The van der Waals surface area contributed by atoms with Crippen molar-refractivity contribution in [3.05, 3.63) is 64.7 Å². The van der Waals surface area contributed by atoms with Crippen LogP contribution in [0.4, 0.5) is 0 Å². The van der Waals surface area contributed by atoms with E-state index in [0.29, 0.717) is 12.8 Å². The van der Waals surface area contributed by atoms with Gasteiger partial charge in [-0.15, -0.1) is 11.3 Å². The normalized spacial score (nSPS) is 10.8. The highest BCUT2D eigenvalue weighted by molar-refractivity contribution is 7.18. The SMILES string of the molecule is Cc1ccc(CC(=O)Cc2nc3ccccc3s2)cc1. The second-order valence-corrected chi connectivity index (χ2v) is 6.07. The van der Waals surface area contributed by atoms with E-state index in [1.54, 1.807) is 11.3 Å². The van der Waals surface area contributed by atoms with E-state index < -0.39 is 0 Å². The van der Waals surface area contributed by atoms with Crippen LogP contribution < -0.4 is 0 Å². The minimum absolute atomic E-state index is 0.216. The molecule has 1 heterocycles. The lowest BCUT2D eigenvalue weighted by Gasteiger charge is -2.00. The lowest BCUT2D eigenvalue weighted by molar-refractivity contribution is -0.117. The van der Waals surface area contributed by atoms with Crippen molar-refractivity contribution in [1.29, 1.82) is 0 Å². The fourth-order valence-corrected chi connectivity index (χ4v) is 3.16. The third kappa shape index (κ3) is 2.94. The molecular formula is C17H15NOS. The molecule has 0 unspecified atom stereocenters. The Labute approximate surface area is 122 Å². The molecule has 0 amide bonds. The summed E-state index contributed by atoms with van der Waals surface area (Å²) in [5, 5.41) is 0.906. The van der Waals surface area contributed by atoms with Crippen molar-refractivity contribution in [3.63, 3.8) is 0 Å². The summed E-state index contributed by atoms with van der Waals surface area (Å²) in [4.78, 5) is 16.6. The van der Waals surface area contributed by atoms with Gasteiger partial charge in [-0.2, -0.15) is 0 Å². The lowest BCUT2D eigenvalue weighted by atomic mass is 10.1. The average Bonchev–Trinajstić information content (AvgIpc) is 2.83. The van der Waals surface area contributed by atoms with Gasteiger partial charge in [-0.1, -0.05) is 42.0 Å². The molecule has 0 N–H and O–H groups in total. The molecule has 2 nitrogen and oxygen atoms in total. The van der Waals surface area contributed by atoms with Crippen LogP contribution in [0.2, 0.25) is 0 Å². The third-order valence-electron chi connectivity index (χ3n) is 3.21. The lowest BCUT2D eigenvalue weighted by Crippen LogP contribution is -2.06. The molecule has 0 aliphatic rings. The number of nitrogens with zero attached hydrogens (tertiary/aromatic N) is 1. The largest absolute Gasteiger partial charge is 0.299 e. The van der Waals surface area contributed by atoms with Crippen LogP contribution in [0.25, 0.3) is 10.2 Å². The number of thiazole rings is 1. The van der Waals surface area contributed by atoms with Gasteiger partial charge in [-0.3, -0.25) is 4.79 Å². The fraction of sp³-hybridized carbons (Fsp3) is 0.176. The maximum Gasteiger partial charge on any atom is 0.144 e. The van der Waals surface area contributed by atoms with Gasteiger partial charge < -0.3 is 0 Å². The number of carbonyl (C=O) groups excluding carboxylic acids is 1. The highest BCUT2D eigenvalue weighted by Gasteiger charge is 2.09. The van der Waals surface area contributed by atoms with Crippen LogP contribution in [-0.2, 0) is 17.6 Å². The van der Waals surface area contributed by atoms with E-state index in [2.05, 4.69) is 4.98 Å². The van der Waals surface area contributed by atoms with Crippen LogP contribution in [0.5, 0.6) is 0 Å². The van der Waals surface area contributed by atoms with Gasteiger partial charge in [0.2, 0.25) is 0 Å². The Kier molecular flexibility index (Phi) is 3.61. The van der Waals surface area contributed by atoms with Gasteiger partial charge in [-0.05, 0) is 24.6 Å². The van der Waals surface area contributed by atoms with E-state index in [9.17, 15) is 4.79 Å². The molecule has 0 saturated heterocycles. The number of benzene rings is 2. The van der Waals surface area contributed by atoms with Crippen molar-refractivity contribution in [3.8, 4) is 0 Å². The van der Waals surface area contributed by atoms with E-state index in [1.165, 1.54) is 5.56 Å². The zero-order chi connectivity index (χ0) is 13.9. The number of rotatable bonds is 4. The van der Waals surface area contributed by atoms with Gasteiger partial charge in [0.25, 0.3) is 0 Å². The molecule has 3 heteroatoms. The van der Waals surface area contributed by atoms with E-state index in [4.69, 9.17) is 0 Å². The topological polar surface area (TPSA) is 30.0 Å². The Morgan fingerprint density at radius 1 is 1.05 bits per heavy atom. The van der Waals surface area contributed by atoms with Gasteiger partial charge in [0.05, 0.1) is 16.6 Å². The smallest absolute Gasteiger partial charge is 0.144 e. The minimum atomic E-state index is 0.216. The fourth-order valence-electron chi connectivity index (χ4n) is 2.16. The second-order valence-electron chi connectivity index (χ2n) is 4.95. The number of ketones is 1. The maximum atomic E-state index is 12.1. The van der Waals surface area contributed by atoms with Crippen LogP contribution in [-0.4, -0.2) is 10.8 Å². The Morgan fingerprint density at radius 3 is 2.55 bits per heavy atom. The monoisotopic (exact) mass is 281 g/mol. The Bertz CT molecular complexity index is 710. The molecule has 0 fully saturated rings. The Hall–Kier alpha value is -2.00. The van der Waals surface area contributed by atoms with Crippen molar-refractivity contribution in [2.75, 3.05) is 0 Å². The number of para-hydroxylation sites is 1. The van der Waals surface area contributed by atoms with E-state index in [1.807, 2.05) is 55.5 Å². The number of carbonyl (C=O) groups is 1. The summed E-state index contributed by atoms with van der Waals surface area (Å²) >= 11 is 1.61. The molecule has 0 spiro atoms. The molecule has 100 valence electrons. The summed E-state index contributed by atoms with van der Waals surface area (Å²) in [5.74, 6) is 0.216. The molecule has 2 aromatic carbocycles. The van der Waals surface area contributed by atoms with Crippen LogP contribution in [0.15, 0.2) is 48.5 Å². The standard InChI is InChI=1S/C17H15NOS/c1-12-6-8-13(9-7-12)10-14(19)11-17-18-15-4-2-3-5-16(15)20-17/h2-9H,10-11H2,1H3. The van der Waals surface area contributed by atoms with Crippen molar-refractivity contribution < 1.29 is 4.79 Å². The van der Waals surface area contributed by atoms with Crippen molar-refractivity contribution in [2.24, 2.45) is 0 Å². The first kappa shape index (κ1) is 13.0. The highest BCUT2D eigenvalue weighted by Crippen LogP contribution is 2.22. The third-order valence-corrected chi connectivity index (χ3v) is 4.24. The molecule has 20 heavy (non-hydrogen) atoms. The van der Waals surface area contributed by atoms with Crippen molar-refractivity contribution in [2.45, 2.75) is 19.8 Å². The summed E-state index contributed by atoms with van der Waals surface area (Å²) in [6.45, 7) is 2.05. The molecule has 0 atom stereocenters. The first-order chi connectivity index (χ1) is 9.70. The molecule has 0 aliphatic heterocycles. The number of fused-ring (bicyclic) bond motifs is 1. The number of Topliss-reactive ketones (excluding diaryl/α,β-unsaturated/α-hetero) is 1. The maximum absolute atomic E-state index is 12.1. The summed E-state index contributed by atoms with van der Waals surface area (Å²) in [6, 6.07) is 16.1. The van der Waals surface area contributed by atoms with E-state index in [0.717, 1.165) is 20.8 Å². The summed E-state index contributed by atoms with van der Waals surface area (Å²) in [5.41, 5.74) is 3.27. The molecule has 0 radical (unpaired) electrons. The number of hydrogen-bond acceptors (Lipinski definition) is 3. The second kappa shape index (κ2) is 5.55. The molecule has 3 rings (SSSR count). The zero-order valence-corrected chi connectivity index (χ0v) is 12.1. The van der Waals surface area contributed by atoms with Gasteiger partial charge in [-0.25, -0.2) is 4.98 Å². The first-order valence-electron chi connectivity index (χ1n) is 6.62. The molecule has 0 saturated carbocycles. The molecular weight excluding hydrogens is 266 g/mol. The van der Waals surface area contributed by atoms with E-state index >= 15 is 0 Å². The molecule has 0 aliphatic carbocycles. The quantitative estimate of drug-likeness (QED) is 0.724. The summed E-state index contributed by atoms with van der Waals surface area (Å²) < 4.78 is 1.14. The molecule has 1 aromatic heterocycles.